The molecular formula is C47H76O12S. The minimum absolute atomic E-state index is 0.00750. The summed E-state index contributed by atoms with van der Waals surface area (Å²) < 4.78 is 58.9. The molecule has 1 aliphatic heterocycles. The monoisotopic (exact) mass is 865 g/mol. The van der Waals surface area contributed by atoms with Gasteiger partial charge in [0.1, 0.15) is 30.5 Å². The standard InChI is InChI=1S/C47H76O12S/c1-3-5-7-9-11-13-15-17-19-20-21-23-25-27-29-31-33-35-37-55-39-41(40-56-47-45(51)46(59-60(52,53)54)44(50)42(38-48)58-47)57-43(49)36-34-32-30-28-26-24-22-18-16-14-12-10-8-6-4-2/h5-8,11-14,17-19,21-23,27,29,41-42,44-48,50-51H,3-4,9-10,15-16,20,24-26,28,30-40H2,1-2H3,(H,52,53,54)/b7-5-,8-6-,13-11-,14-12-,19-17-,22-18-,23-21-,29-27-. The molecule has 1 saturated heterocycles. The normalized spacial score (nSPS) is 21.2. The van der Waals surface area contributed by atoms with Crippen LogP contribution in [0.5, 0.6) is 0 Å². The van der Waals surface area contributed by atoms with Gasteiger partial charge in [0.15, 0.2) is 6.29 Å². The van der Waals surface area contributed by atoms with E-state index in [4.69, 9.17) is 23.5 Å². The summed E-state index contributed by atoms with van der Waals surface area (Å²) in [6.07, 6.45) is 41.6. The average Bonchev–Trinajstić information content (AvgIpc) is 3.22. The summed E-state index contributed by atoms with van der Waals surface area (Å²) >= 11 is 0. The quantitative estimate of drug-likeness (QED) is 0.0204. The molecule has 0 radical (unpaired) electrons. The Balaban J connectivity index is 2.50. The van der Waals surface area contributed by atoms with Gasteiger partial charge in [-0.15, -0.1) is 0 Å². The fourth-order valence-electron chi connectivity index (χ4n) is 5.95. The van der Waals surface area contributed by atoms with Crippen LogP contribution in [0.3, 0.4) is 0 Å². The van der Waals surface area contributed by atoms with Crippen molar-refractivity contribution in [2.75, 3.05) is 26.4 Å². The van der Waals surface area contributed by atoms with E-state index in [1.165, 1.54) is 0 Å². The van der Waals surface area contributed by atoms with Gasteiger partial charge in [-0.1, -0.05) is 130 Å². The Bertz CT molecular complexity index is 1410. The Morgan fingerprint density at radius 3 is 1.60 bits per heavy atom. The van der Waals surface area contributed by atoms with Crippen molar-refractivity contribution in [3.05, 3.63) is 97.2 Å². The third-order valence-electron chi connectivity index (χ3n) is 9.20. The van der Waals surface area contributed by atoms with Crippen LogP contribution in [0.25, 0.3) is 0 Å². The van der Waals surface area contributed by atoms with Gasteiger partial charge < -0.3 is 34.3 Å². The van der Waals surface area contributed by atoms with E-state index < -0.39 is 59.8 Å². The van der Waals surface area contributed by atoms with E-state index in [2.05, 4.69) is 115 Å². The van der Waals surface area contributed by atoms with Crippen molar-refractivity contribution in [1.82, 2.24) is 0 Å². The third-order valence-corrected chi connectivity index (χ3v) is 9.67. The van der Waals surface area contributed by atoms with Gasteiger partial charge in [0.2, 0.25) is 0 Å². The van der Waals surface area contributed by atoms with Crippen molar-refractivity contribution in [1.29, 1.82) is 0 Å². The molecule has 0 aromatic heterocycles. The molecule has 12 nitrogen and oxygen atoms in total. The van der Waals surface area contributed by atoms with Gasteiger partial charge in [-0.3, -0.25) is 9.35 Å². The van der Waals surface area contributed by atoms with Crippen molar-refractivity contribution < 1.29 is 56.2 Å². The Labute approximate surface area is 361 Å². The molecule has 0 bridgehead atoms. The number of unbranched alkanes of at least 4 members (excludes halogenated alkanes) is 7. The Hall–Kier alpha value is -2.98. The first kappa shape index (κ1) is 55.0. The number of carbonyl (C=O) groups is 1. The van der Waals surface area contributed by atoms with Crippen LogP contribution >= 0.6 is 0 Å². The molecule has 6 unspecified atom stereocenters. The number of esters is 1. The van der Waals surface area contributed by atoms with Crippen LogP contribution in [0, 0.1) is 0 Å². The first-order valence-electron chi connectivity index (χ1n) is 22.0. The second-order valence-electron chi connectivity index (χ2n) is 14.5. The second kappa shape index (κ2) is 37.8. The van der Waals surface area contributed by atoms with Crippen LogP contribution in [-0.2, 0) is 38.3 Å². The molecule has 0 spiro atoms. The van der Waals surface area contributed by atoms with Crippen molar-refractivity contribution in [3.8, 4) is 0 Å². The number of carbonyl (C=O) groups excluding carboxylic acids is 1. The van der Waals surface area contributed by atoms with Gasteiger partial charge in [0, 0.05) is 13.0 Å². The second-order valence-corrected chi connectivity index (χ2v) is 15.6. The molecular weight excluding hydrogens is 789 g/mol. The molecule has 13 heteroatoms. The van der Waals surface area contributed by atoms with Crippen LogP contribution < -0.4 is 0 Å². The van der Waals surface area contributed by atoms with E-state index in [-0.39, 0.29) is 19.6 Å². The van der Waals surface area contributed by atoms with Gasteiger partial charge in [-0.25, -0.2) is 4.18 Å². The minimum Gasteiger partial charge on any atom is -0.457 e. The van der Waals surface area contributed by atoms with Crippen molar-refractivity contribution in [2.24, 2.45) is 0 Å². The van der Waals surface area contributed by atoms with E-state index in [1.54, 1.807) is 0 Å². The molecule has 0 aromatic rings. The molecule has 4 N–H and O–H groups in total. The maximum atomic E-state index is 12.8. The fourth-order valence-corrected chi connectivity index (χ4v) is 6.45. The lowest BCUT2D eigenvalue weighted by Gasteiger charge is -2.41. The Morgan fingerprint density at radius 2 is 1.10 bits per heavy atom. The number of ether oxygens (including phenoxy) is 4. The van der Waals surface area contributed by atoms with E-state index in [0.29, 0.717) is 13.0 Å². The highest BCUT2D eigenvalue weighted by molar-refractivity contribution is 7.80. The lowest BCUT2D eigenvalue weighted by molar-refractivity contribution is -0.301. The molecule has 0 saturated carbocycles. The highest BCUT2D eigenvalue weighted by Crippen LogP contribution is 2.26. The van der Waals surface area contributed by atoms with Crippen LogP contribution in [0.1, 0.15) is 129 Å². The highest BCUT2D eigenvalue weighted by Gasteiger charge is 2.48. The smallest absolute Gasteiger partial charge is 0.397 e. The topological polar surface area (TPSA) is 178 Å². The zero-order chi connectivity index (χ0) is 43.9. The SMILES string of the molecule is CC/C=C\C/C=C\C/C=C\C/C=C\C/C=C\CCCCOCC(COC1OC(CO)C(O)C(OS(=O)(=O)O)C1O)OC(=O)CCCCCCC/C=C\C/C=C\C/C=C\CC. The van der Waals surface area contributed by atoms with Gasteiger partial charge >= 0.3 is 16.4 Å². The molecule has 1 heterocycles. The molecule has 0 aliphatic carbocycles. The molecule has 0 amide bonds. The lowest BCUT2D eigenvalue weighted by atomic mass is 9.99. The summed E-state index contributed by atoms with van der Waals surface area (Å²) in [7, 11) is -5.08. The molecule has 1 aliphatic rings. The molecule has 60 heavy (non-hydrogen) atoms. The number of hydrogen-bond donors (Lipinski definition) is 4. The maximum absolute atomic E-state index is 12.8. The summed E-state index contributed by atoms with van der Waals surface area (Å²) in [4.78, 5) is 12.8. The maximum Gasteiger partial charge on any atom is 0.397 e. The van der Waals surface area contributed by atoms with E-state index >= 15 is 0 Å². The molecule has 0 aromatic carbocycles. The molecule has 1 fully saturated rings. The third kappa shape index (κ3) is 31.0. The first-order valence-corrected chi connectivity index (χ1v) is 23.4. The largest absolute Gasteiger partial charge is 0.457 e. The zero-order valence-electron chi connectivity index (χ0n) is 36.2. The Kier molecular flexibility index (Phi) is 34.6. The zero-order valence-corrected chi connectivity index (χ0v) is 37.0. The predicted molar refractivity (Wildman–Crippen MR) is 238 cm³/mol. The fraction of sp³-hybridized carbons (Fsp3) is 0.638. The number of allylic oxidation sites excluding steroid dienone is 16. The molecule has 6 atom stereocenters. The van der Waals surface area contributed by atoms with Gasteiger partial charge in [-0.2, -0.15) is 8.42 Å². The number of hydrogen-bond acceptors (Lipinski definition) is 11. The van der Waals surface area contributed by atoms with E-state index in [0.717, 1.165) is 103 Å². The van der Waals surface area contributed by atoms with Gasteiger partial charge in [0.25, 0.3) is 0 Å². The average molecular weight is 865 g/mol. The number of aliphatic hydroxyl groups is 3. The minimum atomic E-state index is -5.08. The summed E-state index contributed by atoms with van der Waals surface area (Å²) in [5.74, 6) is -0.437. The molecule has 1 rings (SSSR count). The van der Waals surface area contributed by atoms with Crippen LogP contribution in [0.2, 0.25) is 0 Å². The first-order chi connectivity index (χ1) is 29.1. The summed E-state index contributed by atoms with van der Waals surface area (Å²) in [5, 5.41) is 30.6. The predicted octanol–water partition coefficient (Wildman–Crippen LogP) is 9.07. The summed E-state index contributed by atoms with van der Waals surface area (Å²) in [5.41, 5.74) is 0. The van der Waals surface area contributed by atoms with Crippen LogP contribution in [0.15, 0.2) is 97.2 Å². The molecule has 342 valence electrons. The van der Waals surface area contributed by atoms with Crippen molar-refractivity contribution in [3.63, 3.8) is 0 Å². The van der Waals surface area contributed by atoms with Crippen molar-refractivity contribution in [2.45, 2.75) is 166 Å². The lowest BCUT2D eigenvalue weighted by Crippen LogP contribution is -2.60. The number of rotatable bonds is 36. The summed E-state index contributed by atoms with van der Waals surface area (Å²) in [6, 6.07) is 0. The van der Waals surface area contributed by atoms with Gasteiger partial charge in [-0.05, 0) is 89.9 Å². The Morgan fingerprint density at radius 1 is 0.633 bits per heavy atom. The van der Waals surface area contributed by atoms with E-state index in [9.17, 15) is 28.5 Å². The summed E-state index contributed by atoms with van der Waals surface area (Å²) in [6.45, 7) is 3.60. The highest BCUT2D eigenvalue weighted by atomic mass is 32.3. The van der Waals surface area contributed by atoms with E-state index in [1.807, 2.05) is 0 Å². The number of aliphatic hydroxyl groups excluding tert-OH is 3. The van der Waals surface area contributed by atoms with Gasteiger partial charge in [0.05, 0.1) is 19.8 Å². The van der Waals surface area contributed by atoms with Crippen LogP contribution in [-0.4, -0.2) is 97.5 Å². The van der Waals surface area contributed by atoms with Crippen LogP contribution in [0.4, 0.5) is 0 Å². The van der Waals surface area contributed by atoms with Crippen molar-refractivity contribution >= 4 is 16.4 Å².